The molecule has 0 heterocycles. The van der Waals surface area contributed by atoms with Gasteiger partial charge in [-0.2, -0.15) is 23.5 Å². The Balaban J connectivity index is 1.47. The fourth-order valence-corrected chi connectivity index (χ4v) is 9.08. The summed E-state index contributed by atoms with van der Waals surface area (Å²) in [5.41, 5.74) is 6.39. The highest BCUT2D eigenvalue weighted by Crippen LogP contribution is 2.53. The minimum atomic E-state index is 0.192. The van der Waals surface area contributed by atoms with E-state index in [0.29, 0.717) is 0 Å². The molecular weight excluding hydrogens is 388 g/mol. The molecule has 0 aromatic heterocycles. The summed E-state index contributed by atoms with van der Waals surface area (Å²) in [6.45, 7) is 0. The highest BCUT2D eigenvalue weighted by Gasteiger charge is 2.43. The Morgan fingerprint density at radius 2 is 1.00 bits per heavy atom. The van der Waals surface area contributed by atoms with E-state index < -0.39 is 0 Å². The fourth-order valence-electron chi connectivity index (χ4n) is 5.75. The molecule has 0 aliphatic heterocycles. The van der Waals surface area contributed by atoms with Crippen molar-refractivity contribution in [3.63, 3.8) is 0 Å². The van der Waals surface area contributed by atoms with Crippen molar-refractivity contribution in [3.05, 3.63) is 59.7 Å². The van der Waals surface area contributed by atoms with Crippen LogP contribution in [-0.4, -0.2) is 22.0 Å². The van der Waals surface area contributed by atoms with Crippen LogP contribution in [0.4, 0.5) is 0 Å². The molecule has 3 aliphatic rings. The van der Waals surface area contributed by atoms with Crippen LogP contribution in [0, 0.1) is 0 Å². The van der Waals surface area contributed by atoms with Crippen LogP contribution in [-0.2, 0) is 5.41 Å². The Morgan fingerprint density at radius 1 is 0.586 bits per heavy atom. The van der Waals surface area contributed by atoms with Crippen molar-refractivity contribution >= 4 is 23.5 Å². The van der Waals surface area contributed by atoms with E-state index in [0.717, 1.165) is 10.5 Å². The van der Waals surface area contributed by atoms with Gasteiger partial charge < -0.3 is 0 Å². The Kier molecular flexibility index (Phi) is 6.30. The van der Waals surface area contributed by atoms with Crippen molar-refractivity contribution in [3.8, 4) is 11.1 Å². The van der Waals surface area contributed by atoms with Gasteiger partial charge in [-0.1, -0.05) is 87.1 Å². The molecule has 2 heteroatoms. The predicted molar refractivity (Wildman–Crippen MR) is 131 cm³/mol. The second-order valence-corrected chi connectivity index (χ2v) is 11.9. The number of fused-ring (bicyclic) bond motifs is 3. The minimum Gasteiger partial charge on any atom is -0.157 e. The maximum atomic E-state index is 2.44. The highest BCUT2D eigenvalue weighted by atomic mass is 32.2. The maximum absolute atomic E-state index is 2.44. The zero-order valence-electron chi connectivity index (χ0n) is 17.6. The molecule has 0 atom stereocenters. The fraction of sp³-hybridized carbons (Fsp3) is 0.556. The van der Waals surface area contributed by atoms with E-state index in [1.165, 1.54) is 86.8 Å². The smallest absolute Gasteiger partial charge is 0.0395 e. The number of hydrogen-bond acceptors (Lipinski definition) is 2. The minimum absolute atomic E-state index is 0.192. The van der Waals surface area contributed by atoms with Gasteiger partial charge in [-0.15, -0.1) is 0 Å². The first-order chi connectivity index (χ1) is 14.4. The van der Waals surface area contributed by atoms with Crippen LogP contribution in [0.2, 0.25) is 0 Å². The summed E-state index contributed by atoms with van der Waals surface area (Å²) in [6.07, 6.45) is 14.4. The van der Waals surface area contributed by atoms with Crippen LogP contribution in [0.1, 0.15) is 75.3 Å². The Bertz CT molecular complexity index is 745. The Morgan fingerprint density at radius 3 is 1.45 bits per heavy atom. The van der Waals surface area contributed by atoms with Crippen LogP contribution in [0.15, 0.2) is 48.5 Å². The number of hydrogen-bond donors (Lipinski definition) is 0. The topological polar surface area (TPSA) is 0 Å². The van der Waals surface area contributed by atoms with Crippen molar-refractivity contribution in [2.24, 2.45) is 0 Å². The lowest BCUT2D eigenvalue weighted by Gasteiger charge is -2.35. The van der Waals surface area contributed by atoms with Crippen molar-refractivity contribution in [2.75, 3.05) is 11.5 Å². The lowest BCUT2D eigenvalue weighted by molar-refractivity contribution is 0.512. The third-order valence-electron chi connectivity index (χ3n) is 7.41. The predicted octanol–water partition coefficient (Wildman–Crippen LogP) is 8.08. The third-order valence-corrected chi connectivity index (χ3v) is 10.6. The van der Waals surface area contributed by atoms with E-state index >= 15 is 0 Å². The summed E-state index contributed by atoms with van der Waals surface area (Å²) in [4.78, 5) is 0. The number of thioether (sulfide) groups is 2. The van der Waals surface area contributed by atoms with Crippen LogP contribution in [0.5, 0.6) is 0 Å². The van der Waals surface area contributed by atoms with Crippen molar-refractivity contribution < 1.29 is 0 Å². The zero-order valence-corrected chi connectivity index (χ0v) is 19.2. The molecule has 0 nitrogen and oxygen atoms in total. The van der Waals surface area contributed by atoms with Gasteiger partial charge in [0, 0.05) is 27.4 Å². The molecule has 3 aliphatic carbocycles. The summed E-state index contributed by atoms with van der Waals surface area (Å²) in [6, 6.07) is 18.6. The Labute approximate surface area is 185 Å². The van der Waals surface area contributed by atoms with E-state index in [-0.39, 0.29) is 5.41 Å². The monoisotopic (exact) mass is 422 g/mol. The molecule has 0 saturated heterocycles. The second-order valence-electron chi connectivity index (χ2n) is 9.32. The molecule has 0 spiro atoms. The molecule has 0 bridgehead atoms. The van der Waals surface area contributed by atoms with Gasteiger partial charge in [-0.05, 0) is 47.9 Å². The van der Waals surface area contributed by atoms with Gasteiger partial charge in [-0.3, -0.25) is 0 Å². The van der Waals surface area contributed by atoms with Crippen LogP contribution < -0.4 is 0 Å². The number of benzene rings is 2. The quantitative estimate of drug-likeness (QED) is 0.461. The van der Waals surface area contributed by atoms with Gasteiger partial charge in [-0.25, -0.2) is 0 Å². The molecule has 154 valence electrons. The van der Waals surface area contributed by atoms with E-state index in [1.54, 1.807) is 11.1 Å². The van der Waals surface area contributed by atoms with E-state index in [1.807, 2.05) is 0 Å². The summed E-state index contributed by atoms with van der Waals surface area (Å²) in [5.74, 6) is 2.51. The molecule has 0 amide bonds. The molecule has 0 unspecified atom stereocenters. The summed E-state index contributed by atoms with van der Waals surface area (Å²) < 4.78 is 0. The molecular formula is C27H34S2. The summed E-state index contributed by atoms with van der Waals surface area (Å²) >= 11 is 4.59. The van der Waals surface area contributed by atoms with E-state index in [2.05, 4.69) is 72.1 Å². The Hall–Kier alpha value is -0.860. The molecule has 2 aromatic carbocycles. The van der Waals surface area contributed by atoms with Gasteiger partial charge in [0.15, 0.2) is 0 Å². The molecule has 2 saturated carbocycles. The average molecular weight is 423 g/mol. The van der Waals surface area contributed by atoms with Gasteiger partial charge in [0.05, 0.1) is 0 Å². The van der Waals surface area contributed by atoms with Crippen molar-refractivity contribution in [2.45, 2.75) is 80.1 Å². The van der Waals surface area contributed by atoms with Gasteiger partial charge >= 0.3 is 0 Å². The average Bonchev–Trinajstić information content (AvgIpc) is 3.08. The molecule has 2 aromatic rings. The zero-order chi connectivity index (χ0) is 19.5. The van der Waals surface area contributed by atoms with Crippen molar-refractivity contribution in [1.29, 1.82) is 0 Å². The molecule has 5 rings (SSSR count). The molecule has 0 N–H and O–H groups in total. The third kappa shape index (κ3) is 4.04. The standard InChI is InChI=1S/C27H34S2/c1-3-11-21(12-4-1)28-19-27(20-29-22-13-5-2-6-14-22)25-17-9-7-15-23(25)24-16-8-10-18-26(24)27/h7-10,15-18,21-22H,1-6,11-14,19-20H2. The summed E-state index contributed by atoms with van der Waals surface area (Å²) in [5, 5.41) is 1.75. The van der Waals surface area contributed by atoms with E-state index in [9.17, 15) is 0 Å². The largest absolute Gasteiger partial charge is 0.157 e. The van der Waals surface area contributed by atoms with Gasteiger partial charge in [0.25, 0.3) is 0 Å². The highest BCUT2D eigenvalue weighted by molar-refractivity contribution is 8.00. The lowest BCUT2D eigenvalue weighted by atomic mass is 9.82. The molecule has 2 fully saturated rings. The van der Waals surface area contributed by atoms with Crippen LogP contribution >= 0.6 is 23.5 Å². The van der Waals surface area contributed by atoms with Gasteiger partial charge in [0.1, 0.15) is 0 Å². The summed E-state index contributed by atoms with van der Waals surface area (Å²) in [7, 11) is 0. The van der Waals surface area contributed by atoms with Gasteiger partial charge in [0.2, 0.25) is 0 Å². The maximum Gasteiger partial charge on any atom is 0.0395 e. The van der Waals surface area contributed by atoms with E-state index in [4.69, 9.17) is 0 Å². The molecule has 29 heavy (non-hydrogen) atoms. The first-order valence-corrected chi connectivity index (χ1v) is 13.9. The number of rotatable bonds is 6. The first-order valence-electron chi connectivity index (χ1n) is 11.8. The normalized spacial score (nSPS) is 21.7. The van der Waals surface area contributed by atoms with Crippen LogP contribution in [0.25, 0.3) is 11.1 Å². The second kappa shape index (κ2) is 9.10. The van der Waals surface area contributed by atoms with Crippen LogP contribution in [0.3, 0.4) is 0 Å². The van der Waals surface area contributed by atoms with Crippen molar-refractivity contribution in [1.82, 2.24) is 0 Å². The SMILES string of the molecule is c1ccc2c(c1)-c1ccccc1C2(CSC1CCCCC1)CSC1CCCCC1. The lowest BCUT2D eigenvalue weighted by Crippen LogP contribution is -2.33. The first kappa shape index (κ1) is 20.1. The molecule has 0 radical (unpaired) electrons.